The third-order valence-electron chi connectivity index (χ3n) is 3.26. The van der Waals surface area contributed by atoms with E-state index in [1.807, 2.05) is 0 Å². The van der Waals surface area contributed by atoms with Gasteiger partial charge in [-0.2, -0.15) is 0 Å². The predicted molar refractivity (Wildman–Crippen MR) is 93.6 cm³/mol. The molecule has 0 aliphatic rings. The van der Waals surface area contributed by atoms with Gasteiger partial charge in [0.15, 0.2) is 0 Å². The van der Waals surface area contributed by atoms with Crippen molar-refractivity contribution in [2.75, 3.05) is 18.9 Å². The molecule has 1 aromatic carbocycles. The molecule has 0 atom stereocenters. The molecule has 1 aromatic heterocycles. The van der Waals surface area contributed by atoms with Gasteiger partial charge in [0.2, 0.25) is 0 Å². The lowest BCUT2D eigenvalue weighted by Crippen LogP contribution is -2.28. The van der Waals surface area contributed by atoms with Crippen molar-refractivity contribution in [1.82, 2.24) is 14.9 Å². The number of hydrogen-bond acceptors (Lipinski definition) is 4. The highest BCUT2D eigenvalue weighted by Gasteiger charge is 2.13. The van der Waals surface area contributed by atoms with E-state index < -0.39 is 0 Å². The Bertz CT molecular complexity index is 676. The summed E-state index contributed by atoms with van der Waals surface area (Å²) in [5, 5.41) is 4.00. The third kappa shape index (κ3) is 4.81. The molecule has 7 heteroatoms. The van der Waals surface area contributed by atoms with Crippen LogP contribution in [0.3, 0.4) is 0 Å². The van der Waals surface area contributed by atoms with E-state index in [2.05, 4.69) is 22.2 Å². The SMILES string of the molecule is CCCCN(C)C(=O)c1cnc(Nc2ccc(Cl)c(Cl)c2)cn1. The van der Waals surface area contributed by atoms with Crippen LogP contribution in [0.5, 0.6) is 0 Å². The van der Waals surface area contributed by atoms with E-state index in [0.29, 0.717) is 28.1 Å². The number of hydrogen-bond donors (Lipinski definition) is 1. The van der Waals surface area contributed by atoms with Gasteiger partial charge in [0.05, 0.1) is 22.4 Å². The molecule has 0 saturated heterocycles. The second kappa shape index (κ2) is 8.13. The van der Waals surface area contributed by atoms with Gasteiger partial charge in [-0.3, -0.25) is 4.79 Å². The van der Waals surface area contributed by atoms with E-state index >= 15 is 0 Å². The maximum Gasteiger partial charge on any atom is 0.273 e. The van der Waals surface area contributed by atoms with Gasteiger partial charge < -0.3 is 10.2 Å². The molecular weight excluding hydrogens is 335 g/mol. The van der Waals surface area contributed by atoms with Crippen LogP contribution >= 0.6 is 23.2 Å². The Morgan fingerprint density at radius 2 is 2.00 bits per heavy atom. The Balaban J connectivity index is 2.04. The second-order valence-corrected chi connectivity index (χ2v) is 5.94. The number of unbranched alkanes of at least 4 members (excludes halogenated alkanes) is 1. The summed E-state index contributed by atoms with van der Waals surface area (Å²) in [6, 6.07) is 5.18. The van der Waals surface area contributed by atoms with Crippen molar-refractivity contribution in [3.63, 3.8) is 0 Å². The Morgan fingerprint density at radius 1 is 1.22 bits per heavy atom. The number of nitrogens with zero attached hydrogens (tertiary/aromatic N) is 3. The van der Waals surface area contributed by atoms with Crippen molar-refractivity contribution < 1.29 is 4.79 Å². The van der Waals surface area contributed by atoms with Gasteiger partial charge in [0.1, 0.15) is 11.5 Å². The standard InChI is InChI=1S/C16H18Cl2N4O/c1-3-4-7-22(2)16(23)14-9-20-15(10-19-14)21-11-5-6-12(17)13(18)8-11/h5-6,8-10H,3-4,7H2,1-2H3,(H,20,21). The predicted octanol–water partition coefficient (Wildman–Crippen LogP) is 4.40. The summed E-state index contributed by atoms with van der Waals surface area (Å²) in [5.74, 6) is 0.392. The van der Waals surface area contributed by atoms with Crippen LogP contribution in [0.25, 0.3) is 0 Å². The molecule has 1 N–H and O–H groups in total. The zero-order valence-electron chi connectivity index (χ0n) is 13.0. The molecule has 0 saturated carbocycles. The van der Waals surface area contributed by atoms with Gasteiger partial charge >= 0.3 is 0 Å². The maximum atomic E-state index is 12.2. The van der Waals surface area contributed by atoms with Crippen LogP contribution in [0.15, 0.2) is 30.6 Å². The van der Waals surface area contributed by atoms with Crippen LogP contribution in [0, 0.1) is 0 Å². The first-order valence-electron chi connectivity index (χ1n) is 7.31. The molecule has 0 fully saturated rings. The monoisotopic (exact) mass is 352 g/mol. The minimum absolute atomic E-state index is 0.132. The van der Waals surface area contributed by atoms with Gasteiger partial charge in [0, 0.05) is 19.3 Å². The quantitative estimate of drug-likeness (QED) is 0.836. The highest BCUT2D eigenvalue weighted by Crippen LogP contribution is 2.26. The van der Waals surface area contributed by atoms with Crippen LogP contribution in [0.1, 0.15) is 30.3 Å². The highest BCUT2D eigenvalue weighted by molar-refractivity contribution is 6.42. The van der Waals surface area contributed by atoms with E-state index in [4.69, 9.17) is 23.2 Å². The minimum Gasteiger partial charge on any atom is -0.340 e. The number of benzene rings is 1. The van der Waals surface area contributed by atoms with Crippen LogP contribution in [-0.4, -0.2) is 34.4 Å². The molecule has 0 aliphatic heterocycles. The number of carbonyl (C=O) groups excluding carboxylic acids is 1. The van der Waals surface area contributed by atoms with E-state index in [-0.39, 0.29) is 5.91 Å². The minimum atomic E-state index is -0.132. The summed E-state index contributed by atoms with van der Waals surface area (Å²) in [6.07, 6.45) is 4.98. The fourth-order valence-electron chi connectivity index (χ4n) is 1.92. The summed E-state index contributed by atoms with van der Waals surface area (Å²) >= 11 is 11.8. The number of carbonyl (C=O) groups is 1. The molecule has 0 aliphatic carbocycles. The maximum absolute atomic E-state index is 12.2. The molecule has 122 valence electrons. The average Bonchev–Trinajstić information content (AvgIpc) is 2.56. The number of rotatable bonds is 6. The summed E-state index contributed by atoms with van der Waals surface area (Å²) in [4.78, 5) is 22.2. The molecule has 0 unspecified atom stereocenters. The molecule has 5 nitrogen and oxygen atoms in total. The molecule has 2 rings (SSSR count). The van der Waals surface area contributed by atoms with Crippen molar-refractivity contribution in [1.29, 1.82) is 0 Å². The van der Waals surface area contributed by atoms with Gasteiger partial charge in [-0.25, -0.2) is 9.97 Å². The van der Waals surface area contributed by atoms with Gasteiger partial charge in [-0.1, -0.05) is 36.5 Å². The normalized spacial score (nSPS) is 10.4. The summed E-state index contributed by atoms with van der Waals surface area (Å²) in [7, 11) is 1.77. The highest BCUT2D eigenvalue weighted by atomic mass is 35.5. The second-order valence-electron chi connectivity index (χ2n) is 5.12. The van der Waals surface area contributed by atoms with Gasteiger partial charge in [0.25, 0.3) is 5.91 Å². The molecule has 23 heavy (non-hydrogen) atoms. The molecule has 0 bridgehead atoms. The van der Waals surface area contributed by atoms with E-state index in [1.54, 1.807) is 30.1 Å². The van der Waals surface area contributed by atoms with Crippen LogP contribution < -0.4 is 5.32 Å². The summed E-state index contributed by atoms with van der Waals surface area (Å²) in [5.41, 5.74) is 1.07. The first-order valence-corrected chi connectivity index (χ1v) is 8.06. The van der Waals surface area contributed by atoms with Gasteiger partial charge in [-0.15, -0.1) is 0 Å². The van der Waals surface area contributed by atoms with Crippen molar-refractivity contribution in [2.24, 2.45) is 0 Å². The number of aromatic nitrogens is 2. The van der Waals surface area contributed by atoms with E-state index in [9.17, 15) is 4.79 Å². The zero-order chi connectivity index (χ0) is 16.8. The summed E-state index contributed by atoms with van der Waals surface area (Å²) < 4.78 is 0. The molecule has 1 heterocycles. The molecule has 0 radical (unpaired) electrons. The molecule has 0 spiro atoms. The third-order valence-corrected chi connectivity index (χ3v) is 4.00. The number of halogens is 2. The fraction of sp³-hybridized carbons (Fsp3) is 0.312. The zero-order valence-corrected chi connectivity index (χ0v) is 14.5. The Kier molecular flexibility index (Phi) is 6.19. The Hall–Kier alpha value is -1.85. The first-order chi connectivity index (χ1) is 11.0. The number of amides is 1. The molecule has 1 amide bonds. The van der Waals surface area contributed by atoms with Gasteiger partial charge in [-0.05, 0) is 24.6 Å². The van der Waals surface area contributed by atoms with E-state index in [1.165, 1.54) is 12.4 Å². The number of anilines is 2. The van der Waals surface area contributed by atoms with E-state index in [0.717, 1.165) is 18.5 Å². The van der Waals surface area contributed by atoms with Crippen LogP contribution in [0.4, 0.5) is 11.5 Å². The lowest BCUT2D eigenvalue weighted by molar-refractivity contribution is 0.0787. The first kappa shape index (κ1) is 17.5. The van der Waals surface area contributed by atoms with Crippen molar-refractivity contribution >= 4 is 40.6 Å². The largest absolute Gasteiger partial charge is 0.340 e. The van der Waals surface area contributed by atoms with Crippen molar-refractivity contribution in [3.8, 4) is 0 Å². The van der Waals surface area contributed by atoms with Crippen LogP contribution in [0.2, 0.25) is 10.0 Å². The van der Waals surface area contributed by atoms with Crippen LogP contribution in [-0.2, 0) is 0 Å². The lowest BCUT2D eigenvalue weighted by Gasteiger charge is -2.16. The average molecular weight is 353 g/mol. The lowest BCUT2D eigenvalue weighted by atomic mass is 10.3. The topological polar surface area (TPSA) is 58.1 Å². The molecule has 2 aromatic rings. The summed E-state index contributed by atoms with van der Waals surface area (Å²) in [6.45, 7) is 2.79. The fourth-order valence-corrected chi connectivity index (χ4v) is 2.22. The number of nitrogens with one attached hydrogen (secondary N) is 1. The van der Waals surface area contributed by atoms with Crippen molar-refractivity contribution in [2.45, 2.75) is 19.8 Å². The Morgan fingerprint density at radius 3 is 2.61 bits per heavy atom. The molecular formula is C16H18Cl2N4O. The Labute approximate surface area is 145 Å². The smallest absolute Gasteiger partial charge is 0.273 e. The van der Waals surface area contributed by atoms with Crippen molar-refractivity contribution in [3.05, 3.63) is 46.3 Å².